The molecule has 8 heteroatoms. The van der Waals surface area contributed by atoms with Gasteiger partial charge in [-0.05, 0) is 25.7 Å². The number of anilines is 1. The van der Waals surface area contributed by atoms with E-state index in [9.17, 15) is 14.7 Å². The van der Waals surface area contributed by atoms with Crippen LogP contribution in [0.2, 0.25) is 0 Å². The Morgan fingerprint density at radius 2 is 2.15 bits per heavy atom. The first-order valence-electron chi connectivity index (χ1n) is 8.93. The summed E-state index contributed by atoms with van der Waals surface area (Å²) in [5, 5.41) is 9.48. The number of carboxylic acid groups (broad SMARTS) is 1. The van der Waals surface area contributed by atoms with Crippen LogP contribution in [0.4, 0.5) is 10.2 Å². The van der Waals surface area contributed by atoms with Crippen molar-refractivity contribution in [1.29, 1.82) is 0 Å². The molecule has 138 valence electrons. The molecule has 1 saturated heterocycles. The quantitative estimate of drug-likeness (QED) is 0.860. The minimum Gasteiger partial charge on any atom is -0.477 e. The molecule has 1 unspecified atom stereocenters. The summed E-state index contributed by atoms with van der Waals surface area (Å²) < 4.78 is 16.9. The molecule has 7 nitrogen and oxygen atoms in total. The van der Waals surface area contributed by atoms with Crippen LogP contribution < -0.4 is 16.1 Å². The van der Waals surface area contributed by atoms with E-state index in [1.165, 1.54) is 6.20 Å². The van der Waals surface area contributed by atoms with Crippen LogP contribution >= 0.6 is 0 Å². The lowest BCUT2D eigenvalue weighted by Crippen LogP contribution is -2.29. The van der Waals surface area contributed by atoms with Crippen molar-refractivity contribution in [2.45, 2.75) is 44.7 Å². The summed E-state index contributed by atoms with van der Waals surface area (Å²) in [6.45, 7) is 2.88. The number of aromatic nitrogens is 2. The fraction of sp³-hybridized carbons (Fsp3) is 0.500. The van der Waals surface area contributed by atoms with E-state index in [0.717, 1.165) is 19.3 Å². The average molecular weight is 360 g/mol. The van der Waals surface area contributed by atoms with Gasteiger partial charge in [-0.15, -0.1) is 0 Å². The molecule has 26 heavy (non-hydrogen) atoms. The predicted octanol–water partition coefficient (Wildman–Crippen LogP) is 1.67. The number of nitrogens with two attached hydrogens (primary N) is 1. The van der Waals surface area contributed by atoms with Crippen molar-refractivity contribution in [2.24, 2.45) is 5.73 Å². The zero-order valence-electron chi connectivity index (χ0n) is 14.5. The van der Waals surface area contributed by atoms with Crippen LogP contribution in [-0.2, 0) is 6.42 Å². The molecule has 1 aliphatic heterocycles. The predicted molar refractivity (Wildman–Crippen MR) is 95.4 cm³/mol. The van der Waals surface area contributed by atoms with Crippen LogP contribution in [0.1, 0.15) is 48.1 Å². The highest BCUT2D eigenvalue weighted by atomic mass is 19.1. The zero-order chi connectivity index (χ0) is 18.6. The fourth-order valence-corrected chi connectivity index (χ4v) is 3.71. The smallest absolute Gasteiger partial charge is 0.341 e. The van der Waals surface area contributed by atoms with E-state index in [-0.39, 0.29) is 40.8 Å². The number of carboxylic acids is 1. The molecule has 0 radical (unpaired) electrons. The summed E-state index contributed by atoms with van der Waals surface area (Å²) in [6.07, 6.45) is 4.17. The van der Waals surface area contributed by atoms with Gasteiger partial charge in [0.15, 0.2) is 11.6 Å². The highest BCUT2D eigenvalue weighted by Gasteiger charge is 2.31. The van der Waals surface area contributed by atoms with Crippen molar-refractivity contribution in [3.8, 4) is 0 Å². The van der Waals surface area contributed by atoms with Gasteiger partial charge in [-0.25, -0.2) is 14.2 Å². The van der Waals surface area contributed by atoms with Gasteiger partial charge in [-0.1, -0.05) is 6.92 Å². The monoisotopic (exact) mass is 360 g/mol. The number of fused-ring (bicyclic) bond motifs is 1. The number of carbonyl (C=O) groups is 1. The Balaban J connectivity index is 2.05. The number of hydrogen-bond acceptors (Lipinski definition) is 5. The van der Waals surface area contributed by atoms with Gasteiger partial charge >= 0.3 is 5.97 Å². The Hall–Kier alpha value is -2.48. The maximum Gasteiger partial charge on any atom is 0.341 e. The molecule has 1 saturated carbocycles. The molecule has 0 bridgehead atoms. The Kier molecular flexibility index (Phi) is 3.95. The van der Waals surface area contributed by atoms with E-state index in [1.807, 2.05) is 4.90 Å². The van der Waals surface area contributed by atoms with Crippen LogP contribution in [0.15, 0.2) is 11.0 Å². The molecule has 3 N–H and O–H groups in total. The molecule has 2 aromatic heterocycles. The number of pyridine rings is 2. The first kappa shape index (κ1) is 17.0. The molecular weight excluding hydrogens is 339 g/mol. The van der Waals surface area contributed by atoms with Crippen molar-refractivity contribution >= 4 is 22.8 Å². The summed E-state index contributed by atoms with van der Waals surface area (Å²) in [6, 6.07) is 0.0736. The lowest BCUT2D eigenvalue weighted by molar-refractivity contribution is 0.0695. The lowest BCUT2D eigenvalue weighted by atomic mass is 10.0. The second kappa shape index (κ2) is 6.05. The minimum absolute atomic E-state index is 0.0306. The summed E-state index contributed by atoms with van der Waals surface area (Å²) in [4.78, 5) is 30.6. The maximum absolute atomic E-state index is 15.2. The van der Waals surface area contributed by atoms with Gasteiger partial charge in [0.2, 0.25) is 5.43 Å². The third kappa shape index (κ3) is 2.56. The number of aromatic carboxylic acids is 1. The third-order valence-electron chi connectivity index (χ3n) is 5.23. The molecule has 2 aromatic rings. The van der Waals surface area contributed by atoms with Crippen molar-refractivity contribution in [3.63, 3.8) is 0 Å². The summed E-state index contributed by atoms with van der Waals surface area (Å²) >= 11 is 0. The summed E-state index contributed by atoms with van der Waals surface area (Å²) in [5.41, 5.74) is 5.54. The Morgan fingerprint density at radius 1 is 1.42 bits per heavy atom. The van der Waals surface area contributed by atoms with Crippen LogP contribution in [0.25, 0.3) is 11.0 Å². The molecular formula is C18H21FN4O3. The number of hydrogen-bond donors (Lipinski definition) is 2. The topological polar surface area (TPSA) is 101 Å². The highest BCUT2D eigenvalue weighted by molar-refractivity contribution is 5.93. The van der Waals surface area contributed by atoms with Crippen LogP contribution in [0.5, 0.6) is 0 Å². The summed E-state index contributed by atoms with van der Waals surface area (Å²) in [7, 11) is 0. The Bertz CT molecular complexity index is 967. The van der Waals surface area contributed by atoms with E-state index in [2.05, 4.69) is 4.98 Å². The molecule has 0 aromatic carbocycles. The van der Waals surface area contributed by atoms with E-state index in [4.69, 9.17) is 5.73 Å². The molecule has 1 atom stereocenters. The molecule has 0 spiro atoms. The lowest BCUT2D eigenvalue weighted by Gasteiger charge is -2.21. The average Bonchev–Trinajstić information content (AvgIpc) is 3.35. The Morgan fingerprint density at radius 3 is 2.69 bits per heavy atom. The number of nitrogens with zero attached hydrogens (tertiary/aromatic N) is 3. The largest absolute Gasteiger partial charge is 0.477 e. The fourth-order valence-electron chi connectivity index (χ4n) is 3.71. The van der Waals surface area contributed by atoms with Gasteiger partial charge in [0.25, 0.3) is 0 Å². The minimum atomic E-state index is -1.30. The molecule has 3 heterocycles. The van der Waals surface area contributed by atoms with Crippen molar-refractivity contribution in [3.05, 3.63) is 33.4 Å². The van der Waals surface area contributed by atoms with E-state index in [1.54, 1.807) is 11.5 Å². The molecule has 2 aliphatic rings. The molecule has 1 aliphatic carbocycles. The van der Waals surface area contributed by atoms with Gasteiger partial charge in [0.05, 0.1) is 5.39 Å². The van der Waals surface area contributed by atoms with Crippen molar-refractivity contribution < 1.29 is 14.3 Å². The second-order valence-electron chi connectivity index (χ2n) is 7.09. The highest BCUT2D eigenvalue weighted by Crippen LogP contribution is 2.38. The van der Waals surface area contributed by atoms with Crippen LogP contribution in [0.3, 0.4) is 0 Å². The van der Waals surface area contributed by atoms with Gasteiger partial charge in [0.1, 0.15) is 11.2 Å². The van der Waals surface area contributed by atoms with Gasteiger partial charge in [-0.2, -0.15) is 0 Å². The van der Waals surface area contributed by atoms with E-state index < -0.39 is 17.2 Å². The molecule has 2 fully saturated rings. The van der Waals surface area contributed by atoms with Crippen molar-refractivity contribution in [2.75, 3.05) is 18.0 Å². The maximum atomic E-state index is 15.2. The summed E-state index contributed by atoms with van der Waals surface area (Å²) in [5.74, 6) is -1.64. The second-order valence-corrected chi connectivity index (χ2v) is 7.09. The van der Waals surface area contributed by atoms with Gasteiger partial charge < -0.3 is 20.3 Å². The van der Waals surface area contributed by atoms with E-state index >= 15 is 4.39 Å². The first-order chi connectivity index (χ1) is 12.4. The van der Waals surface area contributed by atoms with Crippen LogP contribution in [-0.4, -0.2) is 39.8 Å². The first-order valence-corrected chi connectivity index (χ1v) is 8.93. The Labute approximate surface area is 149 Å². The van der Waals surface area contributed by atoms with Crippen LogP contribution in [0, 0.1) is 5.82 Å². The SMILES string of the molecule is CCc1c(F)c(N2CCC(N)C2)nc2c1c(=O)c(C(=O)O)cn2C1CC1. The molecule has 4 rings (SSSR count). The number of aryl methyl sites for hydroxylation is 1. The van der Waals surface area contributed by atoms with Gasteiger partial charge in [-0.3, -0.25) is 4.79 Å². The van der Waals surface area contributed by atoms with Gasteiger partial charge in [0, 0.05) is 36.9 Å². The van der Waals surface area contributed by atoms with Crippen molar-refractivity contribution in [1.82, 2.24) is 9.55 Å². The standard InChI is InChI=1S/C18H21FN4O3/c1-2-11-13-15(24)12(18(25)26)8-23(10-3-4-10)16(13)21-17(14(11)19)22-6-5-9(20)7-22/h8-10H,2-7,20H2,1H3,(H,25,26). The number of rotatable bonds is 4. The molecule has 0 amide bonds. The van der Waals surface area contributed by atoms with E-state index in [0.29, 0.717) is 18.7 Å². The third-order valence-corrected chi connectivity index (χ3v) is 5.23. The number of halogens is 1. The zero-order valence-corrected chi connectivity index (χ0v) is 14.5. The normalized spacial score (nSPS) is 20.1.